The smallest absolute Gasteiger partial charge is 0.326 e. The van der Waals surface area contributed by atoms with Crippen LogP contribution in [0.3, 0.4) is 0 Å². The van der Waals surface area contributed by atoms with E-state index >= 15 is 0 Å². The summed E-state index contributed by atoms with van der Waals surface area (Å²) in [5.74, 6) is -0.971. The van der Waals surface area contributed by atoms with E-state index in [4.69, 9.17) is 5.11 Å². The molecule has 4 nitrogen and oxygen atoms in total. The third-order valence-electron chi connectivity index (χ3n) is 3.52. The monoisotopic (exact) mass is 255 g/mol. The molecule has 0 aliphatic heterocycles. The molecule has 0 heterocycles. The minimum absolute atomic E-state index is 0.0292. The van der Waals surface area contributed by atoms with E-state index in [1.54, 1.807) is 0 Å². The first-order valence-electron chi connectivity index (χ1n) is 6.83. The van der Waals surface area contributed by atoms with Crippen LogP contribution in [0.2, 0.25) is 0 Å². The molecular weight excluding hydrogens is 230 g/mol. The van der Waals surface area contributed by atoms with Crippen molar-refractivity contribution >= 4 is 11.9 Å². The molecule has 1 unspecified atom stereocenters. The molecule has 1 aliphatic carbocycles. The number of hydrogen-bond acceptors (Lipinski definition) is 2. The van der Waals surface area contributed by atoms with E-state index in [1.807, 2.05) is 0 Å². The number of nitrogens with one attached hydrogen (secondary N) is 1. The third kappa shape index (κ3) is 5.07. The van der Waals surface area contributed by atoms with Gasteiger partial charge >= 0.3 is 5.97 Å². The molecule has 1 amide bonds. The van der Waals surface area contributed by atoms with Crippen molar-refractivity contribution < 1.29 is 14.7 Å². The average Bonchev–Trinajstić information content (AvgIpc) is 2.75. The van der Waals surface area contributed by atoms with E-state index < -0.39 is 12.0 Å². The van der Waals surface area contributed by atoms with Gasteiger partial charge < -0.3 is 10.4 Å². The molecule has 4 heteroatoms. The normalized spacial score (nSPS) is 18.6. The Hall–Kier alpha value is -1.06. The zero-order valence-corrected chi connectivity index (χ0v) is 11.7. The summed E-state index contributed by atoms with van der Waals surface area (Å²) in [6, 6.07) is -0.739. The van der Waals surface area contributed by atoms with Gasteiger partial charge in [-0.2, -0.15) is 0 Å². The van der Waals surface area contributed by atoms with E-state index in [2.05, 4.69) is 26.1 Å². The lowest BCUT2D eigenvalue weighted by atomic mass is 9.88. The second kappa shape index (κ2) is 6.21. The SMILES string of the molecule is CC(C)(C)CCC(NC(=O)C1CCCC1)C(=O)O. The second-order valence-electron chi connectivity index (χ2n) is 6.48. The van der Waals surface area contributed by atoms with Crippen molar-refractivity contribution in [1.29, 1.82) is 0 Å². The van der Waals surface area contributed by atoms with Gasteiger partial charge in [-0.1, -0.05) is 33.6 Å². The molecule has 1 fully saturated rings. The summed E-state index contributed by atoms with van der Waals surface area (Å²) in [5.41, 5.74) is 0.0891. The number of carbonyl (C=O) groups is 2. The zero-order valence-electron chi connectivity index (χ0n) is 11.7. The Labute approximate surface area is 109 Å². The first-order chi connectivity index (χ1) is 8.29. The van der Waals surface area contributed by atoms with Crippen LogP contribution in [0.1, 0.15) is 59.3 Å². The molecule has 0 aromatic carbocycles. The van der Waals surface area contributed by atoms with Crippen LogP contribution in [0.25, 0.3) is 0 Å². The Kier molecular flexibility index (Phi) is 5.17. The van der Waals surface area contributed by atoms with Crippen LogP contribution < -0.4 is 5.32 Å². The van der Waals surface area contributed by atoms with Crippen molar-refractivity contribution in [3.63, 3.8) is 0 Å². The molecule has 1 aliphatic rings. The lowest BCUT2D eigenvalue weighted by Crippen LogP contribution is -2.43. The van der Waals surface area contributed by atoms with Crippen LogP contribution in [0.5, 0.6) is 0 Å². The van der Waals surface area contributed by atoms with Crippen LogP contribution in [-0.4, -0.2) is 23.0 Å². The van der Waals surface area contributed by atoms with Crippen LogP contribution in [-0.2, 0) is 9.59 Å². The fourth-order valence-electron chi connectivity index (χ4n) is 2.31. The number of aliphatic carboxylic acids is 1. The first-order valence-corrected chi connectivity index (χ1v) is 6.83. The zero-order chi connectivity index (χ0) is 13.8. The van der Waals surface area contributed by atoms with E-state index in [1.165, 1.54) is 0 Å². The van der Waals surface area contributed by atoms with Crippen LogP contribution >= 0.6 is 0 Å². The summed E-state index contributed by atoms with van der Waals surface area (Å²) < 4.78 is 0. The lowest BCUT2D eigenvalue weighted by molar-refractivity contribution is -0.142. The lowest BCUT2D eigenvalue weighted by Gasteiger charge is -2.22. The fraction of sp³-hybridized carbons (Fsp3) is 0.857. The maximum absolute atomic E-state index is 11.9. The third-order valence-corrected chi connectivity index (χ3v) is 3.52. The topological polar surface area (TPSA) is 66.4 Å². The Balaban J connectivity index is 2.46. The number of carbonyl (C=O) groups excluding carboxylic acids is 1. The number of carboxylic acids is 1. The number of amides is 1. The van der Waals surface area contributed by atoms with E-state index in [-0.39, 0.29) is 17.2 Å². The van der Waals surface area contributed by atoms with Crippen LogP contribution in [0.4, 0.5) is 0 Å². The number of carboxylic acid groups (broad SMARTS) is 1. The largest absolute Gasteiger partial charge is 0.480 e. The summed E-state index contributed by atoms with van der Waals surface area (Å²) >= 11 is 0. The van der Waals surface area contributed by atoms with Crippen LogP contribution in [0.15, 0.2) is 0 Å². The van der Waals surface area contributed by atoms with Crippen molar-refractivity contribution in [3.05, 3.63) is 0 Å². The highest BCUT2D eigenvalue weighted by atomic mass is 16.4. The molecular formula is C14H25NO3. The highest BCUT2D eigenvalue weighted by Gasteiger charge is 2.28. The maximum Gasteiger partial charge on any atom is 0.326 e. The molecule has 0 saturated heterocycles. The van der Waals surface area contributed by atoms with Crippen molar-refractivity contribution in [3.8, 4) is 0 Å². The average molecular weight is 255 g/mol. The van der Waals surface area contributed by atoms with E-state index in [9.17, 15) is 9.59 Å². The molecule has 0 aromatic heterocycles. The predicted molar refractivity (Wildman–Crippen MR) is 70.2 cm³/mol. The molecule has 0 spiro atoms. The van der Waals surface area contributed by atoms with Gasteiger partial charge in [-0.15, -0.1) is 0 Å². The molecule has 1 rings (SSSR count). The molecule has 1 saturated carbocycles. The van der Waals surface area contributed by atoms with Gasteiger partial charge in [-0.05, 0) is 31.1 Å². The Bertz CT molecular complexity index is 301. The van der Waals surface area contributed by atoms with Crippen LogP contribution in [0, 0.1) is 11.3 Å². The summed E-state index contributed by atoms with van der Waals surface area (Å²) in [5, 5.41) is 11.8. The molecule has 0 aromatic rings. The Morgan fingerprint density at radius 2 is 1.83 bits per heavy atom. The number of rotatable bonds is 5. The molecule has 2 N–H and O–H groups in total. The molecule has 18 heavy (non-hydrogen) atoms. The van der Waals surface area contributed by atoms with Gasteiger partial charge in [0.1, 0.15) is 6.04 Å². The summed E-state index contributed by atoms with van der Waals surface area (Å²) in [6.07, 6.45) is 5.25. The quantitative estimate of drug-likeness (QED) is 0.793. The van der Waals surface area contributed by atoms with E-state index in [0.717, 1.165) is 32.1 Å². The van der Waals surface area contributed by atoms with Gasteiger partial charge in [0.05, 0.1) is 0 Å². The summed E-state index contributed by atoms with van der Waals surface area (Å²) in [6.45, 7) is 6.22. The number of hydrogen-bond donors (Lipinski definition) is 2. The predicted octanol–water partition coefficient (Wildman–Crippen LogP) is 2.57. The van der Waals surface area contributed by atoms with Crippen molar-refractivity contribution in [2.45, 2.75) is 65.3 Å². The first kappa shape index (κ1) is 15.0. The Morgan fingerprint density at radius 1 is 1.28 bits per heavy atom. The summed E-state index contributed by atoms with van der Waals surface area (Å²) in [4.78, 5) is 23.1. The van der Waals surface area contributed by atoms with E-state index in [0.29, 0.717) is 6.42 Å². The highest BCUT2D eigenvalue weighted by Crippen LogP contribution is 2.25. The maximum atomic E-state index is 11.9. The van der Waals surface area contributed by atoms with Gasteiger partial charge in [0.25, 0.3) is 0 Å². The minimum atomic E-state index is -0.925. The van der Waals surface area contributed by atoms with Crippen molar-refractivity contribution in [2.75, 3.05) is 0 Å². The van der Waals surface area contributed by atoms with Crippen molar-refractivity contribution in [2.24, 2.45) is 11.3 Å². The van der Waals surface area contributed by atoms with Gasteiger partial charge in [0.15, 0.2) is 0 Å². The van der Waals surface area contributed by atoms with Gasteiger partial charge in [0, 0.05) is 5.92 Å². The molecule has 1 atom stereocenters. The standard InChI is InChI=1S/C14H25NO3/c1-14(2,3)9-8-11(13(17)18)15-12(16)10-6-4-5-7-10/h10-11H,4-9H2,1-3H3,(H,15,16)(H,17,18). The van der Waals surface area contributed by atoms with Gasteiger partial charge in [-0.25, -0.2) is 4.79 Å². The molecule has 0 radical (unpaired) electrons. The second-order valence-corrected chi connectivity index (χ2v) is 6.48. The summed E-state index contributed by atoms with van der Waals surface area (Å²) in [7, 11) is 0. The van der Waals surface area contributed by atoms with Gasteiger partial charge in [0.2, 0.25) is 5.91 Å². The molecule has 0 bridgehead atoms. The van der Waals surface area contributed by atoms with Crippen molar-refractivity contribution in [1.82, 2.24) is 5.32 Å². The Morgan fingerprint density at radius 3 is 2.28 bits per heavy atom. The fourth-order valence-corrected chi connectivity index (χ4v) is 2.31. The molecule has 104 valence electrons. The van der Waals surface area contributed by atoms with Gasteiger partial charge in [-0.3, -0.25) is 4.79 Å². The highest BCUT2D eigenvalue weighted by molar-refractivity contribution is 5.85. The minimum Gasteiger partial charge on any atom is -0.480 e.